The van der Waals surface area contributed by atoms with Crippen LogP contribution in [0.15, 0.2) is 83.1 Å². The minimum atomic E-state index is -0.486. The second kappa shape index (κ2) is 8.37. The molecule has 1 unspecified atom stereocenters. The molecule has 0 saturated heterocycles. The Morgan fingerprint density at radius 1 is 1.15 bits per heavy atom. The molecule has 2 aromatic heterocycles. The van der Waals surface area contributed by atoms with Crippen LogP contribution in [-0.2, 0) is 4.79 Å². The molecule has 1 aromatic carbocycles. The Hall–Kier alpha value is -3.51. The Morgan fingerprint density at radius 2 is 1.91 bits per heavy atom. The van der Waals surface area contributed by atoms with Crippen molar-refractivity contribution in [2.75, 3.05) is 4.90 Å². The number of hydrogen-bond acceptors (Lipinski definition) is 5. The Kier molecular flexibility index (Phi) is 5.48. The molecule has 172 valence electrons. The maximum Gasteiger partial charge on any atom is 0.162 e. The van der Waals surface area contributed by atoms with Crippen molar-refractivity contribution in [1.29, 1.82) is 5.41 Å². The Bertz CT molecular complexity index is 1320. The van der Waals surface area contributed by atoms with E-state index in [1.165, 1.54) is 0 Å². The molecule has 2 aliphatic rings. The number of aliphatic hydroxyl groups is 1. The van der Waals surface area contributed by atoms with Gasteiger partial charge in [-0.2, -0.15) is 0 Å². The van der Waals surface area contributed by atoms with Gasteiger partial charge in [-0.1, -0.05) is 49.7 Å². The number of allylic oxidation sites excluding steroid dienone is 2. The minimum absolute atomic E-state index is 0.0291. The van der Waals surface area contributed by atoms with E-state index >= 15 is 0 Å². The molecule has 0 spiro atoms. The van der Waals surface area contributed by atoms with Gasteiger partial charge in [0.25, 0.3) is 0 Å². The van der Waals surface area contributed by atoms with Crippen molar-refractivity contribution < 1.29 is 9.90 Å². The number of benzene rings is 1. The van der Waals surface area contributed by atoms with Crippen LogP contribution in [0.3, 0.4) is 0 Å². The monoisotopic (exact) mass is 469 g/mol. The first-order valence-corrected chi connectivity index (χ1v) is 12.2. The van der Waals surface area contributed by atoms with E-state index in [1.807, 2.05) is 65.7 Å². The highest BCUT2D eigenvalue weighted by molar-refractivity contribution is 7.10. The van der Waals surface area contributed by atoms with Crippen LogP contribution in [0, 0.1) is 17.7 Å². The van der Waals surface area contributed by atoms with E-state index in [0.29, 0.717) is 35.2 Å². The zero-order valence-corrected chi connectivity index (χ0v) is 20.3. The van der Waals surface area contributed by atoms with Gasteiger partial charge in [0.05, 0.1) is 23.4 Å². The number of carbonyl (C=O) groups is 1. The number of anilines is 1. The van der Waals surface area contributed by atoms with Gasteiger partial charge in [0.2, 0.25) is 0 Å². The van der Waals surface area contributed by atoms with Crippen molar-refractivity contribution in [3.05, 3.63) is 99.2 Å². The number of nitrogens with zero attached hydrogens (tertiary/aromatic N) is 2. The standard InChI is InChI=1S/C28H27N3O2S/c1-17-8-10-18(11-9-17)26(33)25-24(22-7-5-13-34-22)23-20(14-28(2,3)15-21(23)32)31(27(25)29)19-6-4-12-30-16-19/h4-13,16,24,29,33H,14-15H2,1-3H3/b26-25+,29-27?. The third-order valence-electron chi connectivity index (χ3n) is 6.53. The maximum atomic E-state index is 13.7. The first-order valence-electron chi connectivity index (χ1n) is 11.4. The summed E-state index contributed by atoms with van der Waals surface area (Å²) >= 11 is 1.55. The van der Waals surface area contributed by atoms with Crippen LogP contribution in [0.25, 0.3) is 5.76 Å². The normalized spacial score (nSPS) is 21.5. The molecule has 3 aromatic rings. The van der Waals surface area contributed by atoms with Crippen molar-refractivity contribution in [2.24, 2.45) is 5.41 Å². The largest absolute Gasteiger partial charge is 0.507 e. The summed E-state index contributed by atoms with van der Waals surface area (Å²) in [6, 6.07) is 15.3. The molecular formula is C28H27N3O2S. The Labute approximate surface area is 203 Å². The van der Waals surface area contributed by atoms with Gasteiger partial charge >= 0.3 is 0 Å². The lowest BCUT2D eigenvalue weighted by Crippen LogP contribution is -2.45. The molecule has 1 aliphatic heterocycles. The number of amidine groups is 1. The highest BCUT2D eigenvalue weighted by Crippen LogP contribution is 2.51. The number of nitrogens with one attached hydrogen (secondary N) is 1. The van der Waals surface area contributed by atoms with Crippen LogP contribution >= 0.6 is 11.3 Å². The number of aromatic nitrogens is 1. The van der Waals surface area contributed by atoms with Gasteiger partial charge in [-0.15, -0.1) is 11.3 Å². The number of aryl methyl sites for hydroxylation is 1. The summed E-state index contributed by atoms with van der Waals surface area (Å²) in [6.45, 7) is 6.18. The average Bonchev–Trinajstić information content (AvgIpc) is 3.33. The Morgan fingerprint density at radius 3 is 2.56 bits per heavy atom. The number of thiophene rings is 1. The molecule has 0 saturated carbocycles. The quantitative estimate of drug-likeness (QED) is 0.421. The van der Waals surface area contributed by atoms with E-state index in [1.54, 1.807) is 23.7 Å². The fourth-order valence-corrected chi connectivity index (χ4v) is 5.84. The molecule has 5 nitrogen and oxygen atoms in total. The molecule has 5 rings (SSSR count). The van der Waals surface area contributed by atoms with E-state index in [9.17, 15) is 15.3 Å². The lowest BCUT2D eigenvalue weighted by atomic mass is 9.68. The van der Waals surface area contributed by atoms with E-state index in [0.717, 1.165) is 16.1 Å². The molecule has 0 bridgehead atoms. The molecule has 0 amide bonds. The summed E-state index contributed by atoms with van der Waals surface area (Å²) in [4.78, 5) is 20.7. The van der Waals surface area contributed by atoms with Gasteiger partial charge in [-0.05, 0) is 42.3 Å². The fourth-order valence-electron chi connectivity index (χ4n) is 4.99. The summed E-state index contributed by atoms with van der Waals surface area (Å²) in [5.41, 5.74) is 4.16. The first kappa shape index (κ1) is 22.3. The van der Waals surface area contributed by atoms with Gasteiger partial charge in [0.1, 0.15) is 11.6 Å². The predicted octanol–water partition coefficient (Wildman–Crippen LogP) is 6.65. The molecule has 1 aliphatic carbocycles. The fraction of sp³-hybridized carbons (Fsp3) is 0.250. The molecular weight excluding hydrogens is 442 g/mol. The van der Waals surface area contributed by atoms with Crippen LogP contribution in [0.2, 0.25) is 0 Å². The number of ketones is 1. The lowest BCUT2D eigenvalue weighted by molar-refractivity contribution is -0.118. The van der Waals surface area contributed by atoms with Crippen molar-refractivity contribution in [3.63, 3.8) is 0 Å². The summed E-state index contributed by atoms with van der Waals surface area (Å²) in [5, 5.41) is 22.9. The second-order valence-corrected chi connectivity index (χ2v) is 10.8. The smallest absolute Gasteiger partial charge is 0.162 e. The number of hydrogen-bond donors (Lipinski definition) is 2. The third-order valence-corrected chi connectivity index (χ3v) is 7.47. The van der Waals surface area contributed by atoms with Crippen LogP contribution in [0.5, 0.6) is 0 Å². The van der Waals surface area contributed by atoms with Gasteiger partial charge in [-0.3, -0.25) is 20.1 Å². The van der Waals surface area contributed by atoms with Gasteiger partial charge in [-0.25, -0.2) is 0 Å². The molecule has 34 heavy (non-hydrogen) atoms. The topological polar surface area (TPSA) is 77.3 Å². The summed E-state index contributed by atoms with van der Waals surface area (Å²) in [6.07, 6.45) is 4.49. The molecule has 1 atom stereocenters. The van der Waals surface area contributed by atoms with Crippen molar-refractivity contribution in [1.82, 2.24) is 4.98 Å². The SMILES string of the molecule is Cc1ccc(/C(O)=C2\C(=N)N(c3cccnc3)C3=C(C(=O)CC(C)(C)C3)C2c2cccs2)cc1. The summed E-state index contributed by atoms with van der Waals surface area (Å²) < 4.78 is 0. The van der Waals surface area contributed by atoms with E-state index in [4.69, 9.17) is 0 Å². The van der Waals surface area contributed by atoms with Crippen molar-refractivity contribution in [2.45, 2.75) is 39.5 Å². The molecule has 6 heteroatoms. The second-order valence-electron chi connectivity index (χ2n) is 9.77. The van der Waals surface area contributed by atoms with Crippen LogP contribution < -0.4 is 4.90 Å². The highest BCUT2D eigenvalue weighted by atomic mass is 32.1. The Balaban J connectivity index is 1.83. The predicted molar refractivity (Wildman–Crippen MR) is 137 cm³/mol. The number of carbonyl (C=O) groups excluding carboxylic acids is 1. The zero-order chi connectivity index (χ0) is 24.0. The van der Waals surface area contributed by atoms with Gasteiger partial charge in [0.15, 0.2) is 5.78 Å². The molecule has 0 radical (unpaired) electrons. The third kappa shape index (κ3) is 3.78. The van der Waals surface area contributed by atoms with Crippen LogP contribution in [0.4, 0.5) is 5.69 Å². The number of Topliss-reactive ketones (excluding diaryl/α,β-unsaturated/α-hetero) is 1. The average molecular weight is 470 g/mol. The lowest BCUT2D eigenvalue weighted by Gasteiger charge is -2.44. The van der Waals surface area contributed by atoms with Crippen molar-refractivity contribution in [3.8, 4) is 0 Å². The zero-order valence-electron chi connectivity index (χ0n) is 19.5. The molecule has 0 fully saturated rings. The number of aliphatic hydroxyl groups excluding tert-OH is 1. The summed E-state index contributed by atoms with van der Waals surface area (Å²) in [5.74, 6) is -0.212. The first-order chi connectivity index (χ1) is 16.3. The minimum Gasteiger partial charge on any atom is -0.507 e. The molecule has 2 N–H and O–H groups in total. The van der Waals surface area contributed by atoms with Gasteiger partial charge in [0, 0.05) is 34.3 Å². The summed E-state index contributed by atoms with van der Waals surface area (Å²) in [7, 11) is 0. The number of pyridine rings is 1. The van der Waals surface area contributed by atoms with E-state index in [-0.39, 0.29) is 22.8 Å². The van der Waals surface area contributed by atoms with Crippen LogP contribution in [-0.4, -0.2) is 21.7 Å². The highest BCUT2D eigenvalue weighted by Gasteiger charge is 2.47. The van der Waals surface area contributed by atoms with Crippen molar-refractivity contribution >= 4 is 34.4 Å². The van der Waals surface area contributed by atoms with Crippen LogP contribution in [0.1, 0.15) is 48.6 Å². The number of rotatable bonds is 3. The molecule has 3 heterocycles. The maximum absolute atomic E-state index is 13.7. The van der Waals surface area contributed by atoms with Gasteiger partial charge < -0.3 is 5.11 Å². The van der Waals surface area contributed by atoms with E-state index < -0.39 is 5.92 Å². The van der Waals surface area contributed by atoms with E-state index in [2.05, 4.69) is 18.8 Å².